The lowest BCUT2D eigenvalue weighted by atomic mass is 9.96. The van der Waals surface area contributed by atoms with Crippen molar-refractivity contribution in [1.29, 1.82) is 0 Å². The third kappa shape index (κ3) is 3.91. The maximum atomic E-state index is 13.1. The molecule has 1 aromatic carbocycles. The van der Waals surface area contributed by atoms with E-state index in [2.05, 4.69) is 20.2 Å². The summed E-state index contributed by atoms with van der Waals surface area (Å²) in [6.45, 7) is 2.93. The zero-order chi connectivity index (χ0) is 22.2. The van der Waals surface area contributed by atoms with Crippen LogP contribution in [0.3, 0.4) is 0 Å². The molecule has 1 unspecified atom stereocenters. The minimum atomic E-state index is -0.322. The number of aromatic nitrogens is 5. The molecule has 1 aliphatic heterocycles. The van der Waals surface area contributed by atoms with Gasteiger partial charge in [0.1, 0.15) is 11.3 Å². The fourth-order valence-corrected chi connectivity index (χ4v) is 4.03. The number of carbonyl (C=O) groups excluding carboxylic acids is 1. The highest BCUT2D eigenvalue weighted by molar-refractivity contribution is 5.79. The molecule has 164 valence electrons. The van der Waals surface area contributed by atoms with Gasteiger partial charge in [0.15, 0.2) is 11.5 Å². The molecular formula is C22H21FN6O3. The third-order valence-electron chi connectivity index (χ3n) is 5.66. The third-order valence-corrected chi connectivity index (χ3v) is 5.66. The molecule has 0 spiro atoms. The fourth-order valence-electron chi connectivity index (χ4n) is 4.03. The average Bonchev–Trinajstić information content (AvgIpc) is 3.43. The number of likely N-dealkylation sites (tertiary alicyclic amines) is 1. The van der Waals surface area contributed by atoms with Crippen molar-refractivity contribution in [2.24, 2.45) is 0 Å². The van der Waals surface area contributed by atoms with Gasteiger partial charge in [-0.05, 0) is 37.5 Å². The topological polar surface area (TPSA) is 109 Å². The first-order chi connectivity index (χ1) is 15.5. The first-order valence-corrected chi connectivity index (χ1v) is 10.4. The number of amides is 1. The Morgan fingerprint density at radius 2 is 2.12 bits per heavy atom. The van der Waals surface area contributed by atoms with Crippen molar-refractivity contribution < 1.29 is 13.7 Å². The van der Waals surface area contributed by atoms with E-state index in [1.807, 2.05) is 0 Å². The van der Waals surface area contributed by atoms with Crippen molar-refractivity contribution in [3.8, 4) is 11.6 Å². The zero-order valence-electron chi connectivity index (χ0n) is 17.4. The van der Waals surface area contributed by atoms with Crippen LogP contribution in [-0.4, -0.2) is 48.6 Å². The molecule has 4 aromatic rings. The molecule has 4 heterocycles. The van der Waals surface area contributed by atoms with Crippen LogP contribution in [0.15, 0.2) is 45.8 Å². The number of aryl methyl sites for hydroxylation is 1. The summed E-state index contributed by atoms with van der Waals surface area (Å²) in [5, 5.41) is 8.48. The molecule has 0 aliphatic carbocycles. The molecule has 32 heavy (non-hydrogen) atoms. The zero-order valence-corrected chi connectivity index (χ0v) is 17.4. The van der Waals surface area contributed by atoms with Gasteiger partial charge in [0.05, 0.1) is 6.42 Å². The summed E-state index contributed by atoms with van der Waals surface area (Å²) in [6.07, 6.45) is 3.60. The van der Waals surface area contributed by atoms with Crippen molar-refractivity contribution in [2.45, 2.75) is 32.1 Å². The highest BCUT2D eigenvalue weighted by Crippen LogP contribution is 2.27. The standard InChI is InChI=1S/C22H21FN6O3/c1-13-11-29-18(21(31)24-13)10-17(26-29)22-25-20(27-32-22)15-3-2-8-28(12-15)19(30)9-14-4-6-16(23)7-5-14/h4-7,10-11,15H,2-3,8-9,12H2,1H3,(H,24,31). The summed E-state index contributed by atoms with van der Waals surface area (Å²) in [7, 11) is 0. The van der Waals surface area contributed by atoms with E-state index in [4.69, 9.17) is 4.52 Å². The molecule has 0 saturated carbocycles. The molecule has 3 aromatic heterocycles. The fraction of sp³-hybridized carbons (Fsp3) is 0.318. The van der Waals surface area contributed by atoms with E-state index in [9.17, 15) is 14.0 Å². The van der Waals surface area contributed by atoms with Crippen molar-refractivity contribution in [2.75, 3.05) is 13.1 Å². The molecule has 9 nitrogen and oxygen atoms in total. The molecule has 1 N–H and O–H groups in total. The van der Waals surface area contributed by atoms with Crippen molar-refractivity contribution in [3.05, 3.63) is 69.8 Å². The number of hydrogen-bond acceptors (Lipinski definition) is 6. The first kappa shape index (κ1) is 20.1. The summed E-state index contributed by atoms with van der Waals surface area (Å²) in [6, 6.07) is 7.58. The number of aromatic amines is 1. The van der Waals surface area contributed by atoms with Gasteiger partial charge >= 0.3 is 0 Å². The monoisotopic (exact) mass is 436 g/mol. The van der Waals surface area contributed by atoms with Gasteiger partial charge in [-0.1, -0.05) is 17.3 Å². The van der Waals surface area contributed by atoms with E-state index in [1.54, 1.807) is 36.2 Å². The van der Waals surface area contributed by atoms with Gasteiger partial charge < -0.3 is 14.4 Å². The van der Waals surface area contributed by atoms with Gasteiger partial charge in [0.25, 0.3) is 11.4 Å². The lowest BCUT2D eigenvalue weighted by Gasteiger charge is -2.31. The van der Waals surface area contributed by atoms with Crippen LogP contribution in [0.25, 0.3) is 17.1 Å². The minimum absolute atomic E-state index is 0.0139. The van der Waals surface area contributed by atoms with E-state index >= 15 is 0 Å². The molecule has 0 bridgehead atoms. The Bertz CT molecular complexity index is 1340. The number of benzene rings is 1. The number of halogens is 1. The number of H-pyrrole nitrogens is 1. The second-order valence-electron chi connectivity index (χ2n) is 8.07. The highest BCUT2D eigenvalue weighted by atomic mass is 19.1. The summed E-state index contributed by atoms with van der Waals surface area (Å²) in [4.78, 5) is 33.9. The van der Waals surface area contributed by atoms with Crippen LogP contribution in [-0.2, 0) is 11.2 Å². The lowest BCUT2D eigenvalue weighted by Crippen LogP contribution is -2.40. The van der Waals surface area contributed by atoms with Gasteiger partial charge in [0.2, 0.25) is 5.91 Å². The second-order valence-corrected chi connectivity index (χ2v) is 8.07. The van der Waals surface area contributed by atoms with Crippen molar-refractivity contribution >= 4 is 11.4 Å². The Hall–Kier alpha value is -3.82. The van der Waals surface area contributed by atoms with Gasteiger partial charge in [-0.15, -0.1) is 0 Å². The number of carbonyl (C=O) groups is 1. The number of nitrogens with zero attached hydrogens (tertiary/aromatic N) is 5. The Balaban J connectivity index is 1.31. The number of nitrogens with one attached hydrogen (secondary N) is 1. The molecule has 1 saturated heterocycles. The Morgan fingerprint density at radius 1 is 1.31 bits per heavy atom. The van der Waals surface area contributed by atoms with Crippen LogP contribution in [0.2, 0.25) is 0 Å². The van der Waals surface area contributed by atoms with E-state index in [0.29, 0.717) is 35.8 Å². The van der Waals surface area contributed by atoms with Crippen LogP contribution >= 0.6 is 0 Å². The van der Waals surface area contributed by atoms with E-state index < -0.39 is 0 Å². The van der Waals surface area contributed by atoms with Crippen LogP contribution in [0.5, 0.6) is 0 Å². The summed E-state index contributed by atoms with van der Waals surface area (Å²) in [5.41, 5.74) is 2.03. The van der Waals surface area contributed by atoms with Gasteiger partial charge in [-0.25, -0.2) is 8.91 Å². The van der Waals surface area contributed by atoms with Crippen LogP contribution < -0.4 is 5.56 Å². The maximum Gasteiger partial charge on any atom is 0.278 e. The van der Waals surface area contributed by atoms with E-state index in [1.165, 1.54) is 16.6 Å². The molecule has 0 radical (unpaired) electrons. The molecule has 10 heteroatoms. The molecule has 5 rings (SSSR count). The lowest BCUT2D eigenvalue weighted by molar-refractivity contribution is -0.131. The van der Waals surface area contributed by atoms with Gasteiger partial charge in [0, 0.05) is 37.0 Å². The van der Waals surface area contributed by atoms with Gasteiger partial charge in [-0.2, -0.15) is 10.1 Å². The number of fused-ring (bicyclic) bond motifs is 1. The summed E-state index contributed by atoms with van der Waals surface area (Å²) < 4.78 is 20.0. The average molecular weight is 436 g/mol. The molecule has 1 atom stereocenters. The predicted molar refractivity (Wildman–Crippen MR) is 113 cm³/mol. The summed E-state index contributed by atoms with van der Waals surface area (Å²) >= 11 is 0. The van der Waals surface area contributed by atoms with Crippen LogP contribution in [0.1, 0.15) is 35.8 Å². The van der Waals surface area contributed by atoms with Crippen molar-refractivity contribution in [3.63, 3.8) is 0 Å². The minimum Gasteiger partial charge on any atom is -0.342 e. The first-order valence-electron chi connectivity index (χ1n) is 10.4. The van der Waals surface area contributed by atoms with Crippen molar-refractivity contribution in [1.82, 2.24) is 29.6 Å². The highest BCUT2D eigenvalue weighted by Gasteiger charge is 2.28. The predicted octanol–water partition coefficient (Wildman–Crippen LogP) is 2.47. The number of rotatable bonds is 4. The molecule has 1 aliphatic rings. The summed E-state index contributed by atoms with van der Waals surface area (Å²) in [5.74, 6) is 0.357. The maximum absolute atomic E-state index is 13.1. The molecule has 1 fully saturated rings. The Kier molecular flexibility index (Phi) is 5.04. The quantitative estimate of drug-likeness (QED) is 0.526. The number of hydrogen-bond donors (Lipinski definition) is 1. The Labute approximate surface area is 181 Å². The SMILES string of the molecule is Cc1cn2nc(-c3nc(C4CCCN(C(=O)Cc5ccc(F)cc5)C4)no3)cc2c(=O)[nH]1. The molecular weight excluding hydrogens is 415 g/mol. The second kappa shape index (κ2) is 8.03. The van der Waals surface area contributed by atoms with E-state index in [-0.39, 0.29) is 35.5 Å². The number of piperidine rings is 1. The Morgan fingerprint density at radius 3 is 2.94 bits per heavy atom. The van der Waals surface area contributed by atoms with E-state index in [0.717, 1.165) is 18.4 Å². The largest absolute Gasteiger partial charge is 0.342 e. The normalized spacial score (nSPS) is 16.6. The smallest absolute Gasteiger partial charge is 0.278 e. The molecule has 1 amide bonds. The van der Waals surface area contributed by atoms with Gasteiger partial charge in [-0.3, -0.25) is 9.59 Å². The van der Waals surface area contributed by atoms with Crippen LogP contribution in [0, 0.1) is 12.7 Å². The van der Waals surface area contributed by atoms with Crippen LogP contribution in [0.4, 0.5) is 4.39 Å².